The van der Waals surface area contributed by atoms with Crippen LogP contribution in [0.4, 0.5) is 5.69 Å². The number of aryl methyl sites for hydroxylation is 1. The van der Waals surface area contributed by atoms with E-state index in [0.717, 1.165) is 24.7 Å². The van der Waals surface area contributed by atoms with Crippen LogP contribution in [0.5, 0.6) is 0 Å². The molecule has 2 nitrogen and oxygen atoms in total. The van der Waals surface area contributed by atoms with Gasteiger partial charge < -0.3 is 5.32 Å². The lowest BCUT2D eigenvalue weighted by Gasteiger charge is -2.10. The molecular formula is C14H10Br3NO. The van der Waals surface area contributed by atoms with Crippen molar-refractivity contribution in [1.29, 1.82) is 0 Å². The highest BCUT2D eigenvalue weighted by atomic mass is 79.9. The van der Waals surface area contributed by atoms with Gasteiger partial charge in [0.1, 0.15) is 0 Å². The Morgan fingerprint density at radius 1 is 1.00 bits per heavy atom. The predicted molar refractivity (Wildman–Crippen MR) is 88.7 cm³/mol. The summed E-state index contributed by atoms with van der Waals surface area (Å²) < 4.78 is 2.62. The zero-order valence-corrected chi connectivity index (χ0v) is 14.8. The molecule has 0 unspecified atom stereocenters. The molecule has 5 heteroatoms. The first-order valence-corrected chi connectivity index (χ1v) is 7.88. The van der Waals surface area contributed by atoms with Crippen molar-refractivity contribution in [1.82, 2.24) is 0 Å². The molecule has 0 radical (unpaired) electrons. The van der Waals surface area contributed by atoms with Crippen LogP contribution in [0.1, 0.15) is 15.9 Å². The summed E-state index contributed by atoms with van der Waals surface area (Å²) in [4.78, 5) is 12.2. The van der Waals surface area contributed by atoms with Crippen LogP contribution in [-0.2, 0) is 0 Å². The summed E-state index contributed by atoms with van der Waals surface area (Å²) in [6, 6.07) is 11.3. The number of rotatable bonds is 2. The second-order valence-corrected chi connectivity index (χ2v) is 6.72. The molecule has 2 aromatic rings. The van der Waals surface area contributed by atoms with Gasteiger partial charge in [0.15, 0.2) is 0 Å². The van der Waals surface area contributed by atoms with Gasteiger partial charge in [-0.1, -0.05) is 37.9 Å². The second kappa shape index (κ2) is 6.20. The van der Waals surface area contributed by atoms with Crippen LogP contribution in [0.25, 0.3) is 0 Å². The van der Waals surface area contributed by atoms with Crippen LogP contribution in [0.15, 0.2) is 49.8 Å². The molecule has 0 aliphatic rings. The van der Waals surface area contributed by atoms with Crippen LogP contribution >= 0.6 is 47.8 Å². The Morgan fingerprint density at radius 3 is 2.32 bits per heavy atom. The summed E-state index contributed by atoms with van der Waals surface area (Å²) in [5, 5.41) is 2.91. The maximum Gasteiger partial charge on any atom is 0.256 e. The van der Waals surface area contributed by atoms with E-state index < -0.39 is 0 Å². The number of hydrogen-bond acceptors (Lipinski definition) is 1. The smallest absolute Gasteiger partial charge is 0.256 e. The van der Waals surface area contributed by atoms with Crippen molar-refractivity contribution >= 4 is 59.4 Å². The first-order chi connectivity index (χ1) is 8.97. The van der Waals surface area contributed by atoms with E-state index in [0.29, 0.717) is 5.56 Å². The Hall–Kier alpha value is -0.650. The third-order valence-corrected chi connectivity index (χ3v) is 4.27. The fourth-order valence-electron chi connectivity index (χ4n) is 1.59. The lowest BCUT2D eigenvalue weighted by atomic mass is 10.1. The highest BCUT2D eigenvalue weighted by molar-refractivity contribution is 9.11. The van der Waals surface area contributed by atoms with Crippen molar-refractivity contribution in [3.05, 3.63) is 60.9 Å². The van der Waals surface area contributed by atoms with E-state index in [-0.39, 0.29) is 5.91 Å². The molecule has 1 amide bonds. The molecule has 0 heterocycles. The summed E-state index contributed by atoms with van der Waals surface area (Å²) in [7, 11) is 0. The fraction of sp³-hybridized carbons (Fsp3) is 0.0714. The normalized spacial score (nSPS) is 10.3. The number of carbonyl (C=O) groups is 1. The Bertz CT molecular complexity index is 641. The van der Waals surface area contributed by atoms with Gasteiger partial charge in [-0.15, -0.1) is 0 Å². The van der Waals surface area contributed by atoms with Crippen LogP contribution in [0.3, 0.4) is 0 Å². The second-order valence-electron chi connectivity index (χ2n) is 4.04. The molecule has 98 valence electrons. The quantitative estimate of drug-likeness (QED) is 0.643. The largest absolute Gasteiger partial charge is 0.322 e. The number of benzene rings is 2. The average Bonchev–Trinajstić information content (AvgIpc) is 2.33. The van der Waals surface area contributed by atoms with Crippen molar-refractivity contribution in [2.45, 2.75) is 6.92 Å². The zero-order chi connectivity index (χ0) is 14.0. The van der Waals surface area contributed by atoms with Gasteiger partial charge in [-0.05, 0) is 58.7 Å². The number of amides is 1. The SMILES string of the molecule is Cc1ccc(Br)cc1NC(=O)c1ccc(Br)cc1Br. The van der Waals surface area contributed by atoms with Gasteiger partial charge in [-0.3, -0.25) is 4.79 Å². The molecule has 0 atom stereocenters. The summed E-state index contributed by atoms with van der Waals surface area (Å²) >= 11 is 10.2. The molecule has 0 saturated heterocycles. The zero-order valence-electron chi connectivity index (χ0n) is 10.0. The van der Waals surface area contributed by atoms with E-state index in [9.17, 15) is 4.79 Å². The van der Waals surface area contributed by atoms with E-state index in [1.165, 1.54) is 0 Å². The van der Waals surface area contributed by atoms with Crippen molar-refractivity contribution in [3.63, 3.8) is 0 Å². The van der Waals surface area contributed by atoms with E-state index in [1.54, 1.807) is 6.07 Å². The molecular weight excluding hydrogens is 438 g/mol. The summed E-state index contributed by atoms with van der Waals surface area (Å²) in [5.41, 5.74) is 2.42. The fourth-order valence-corrected chi connectivity index (χ4v) is 3.18. The van der Waals surface area contributed by atoms with E-state index in [4.69, 9.17) is 0 Å². The molecule has 0 spiro atoms. The number of hydrogen-bond donors (Lipinski definition) is 1. The van der Waals surface area contributed by atoms with Crippen molar-refractivity contribution < 1.29 is 4.79 Å². The molecule has 0 bridgehead atoms. The minimum absolute atomic E-state index is 0.138. The first-order valence-electron chi connectivity index (χ1n) is 5.50. The Labute approximate surface area is 137 Å². The van der Waals surface area contributed by atoms with Crippen molar-refractivity contribution in [2.24, 2.45) is 0 Å². The molecule has 0 aliphatic heterocycles. The maximum atomic E-state index is 12.2. The molecule has 2 aromatic carbocycles. The molecule has 2 rings (SSSR count). The highest BCUT2D eigenvalue weighted by Gasteiger charge is 2.11. The molecule has 0 aromatic heterocycles. The predicted octanol–water partition coefficient (Wildman–Crippen LogP) is 5.53. The molecule has 19 heavy (non-hydrogen) atoms. The Balaban J connectivity index is 2.28. The lowest BCUT2D eigenvalue weighted by Crippen LogP contribution is -2.13. The van der Waals surface area contributed by atoms with E-state index in [1.807, 2.05) is 37.3 Å². The van der Waals surface area contributed by atoms with Gasteiger partial charge in [-0.2, -0.15) is 0 Å². The third-order valence-electron chi connectivity index (χ3n) is 2.62. The van der Waals surface area contributed by atoms with Gasteiger partial charge in [0.05, 0.1) is 5.56 Å². The molecule has 0 saturated carbocycles. The van der Waals surface area contributed by atoms with Crippen LogP contribution in [0, 0.1) is 6.92 Å². The average molecular weight is 448 g/mol. The molecule has 0 fully saturated rings. The number of anilines is 1. The Morgan fingerprint density at radius 2 is 1.63 bits per heavy atom. The summed E-state index contributed by atoms with van der Waals surface area (Å²) in [6.45, 7) is 1.96. The summed E-state index contributed by atoms with van der Waals surface area (Å²) in [5.74, 6) is -0.138. The maximum absolute atomic E-state index is 12.2. The minimum atomic E-state index is -0.138. The van der Waals surface area contributed by atoms with Gasteiger partial charge in [0, 0.05) is 19.1 Å². The van der Waals surface area contributed by atoms with Gasteiger partial charge in [-0.25, -0.2) is 0 Å². The highest BCUT2D eigenvalue weighted by Crippen LogP contribution is 2.25. The van der Waals surface area contributed by atoms with E-state index >= 15 is 0 Å². The topological polar surface area (TPSA) is 29.1 Å². The van der Waals surface area contributed by atoms with Crippen LogP contribution in [0.2, 0.25) is 0 Å². The monoisotopic (exact) mass is 445 g/mol. The molecule has 1 N–H and O–H groups in total. The summed E-state index contributed by atoms with van der Waals surface area (Å²) in [6.07, 6.45) is 0. The van der Waals surface area contributed by atoms with Crippen LogP contribution < -0.4 is 5.32 Å². The first kappa shape index (κ1) is 14.8. The van der Waals surface area contributed by atoms with Gasteiger partial charge in [0.2, 0.25) is 0 Å². The number of halogens is 3. The van der Waals surface area contributed by atoms with Crippen molar-refractivity contribution in [3.8, 4) is 0 Å². The van der Waals surface area contributed by atoms with Gasteiger partial charge in [0.25, 0.3) is 5.91 Å². The lowest BCUT2D eigenvalue weighted by molar-refractivity contribution is 0.102. The van der Waals surface area contributed by atoms with Gasteiger partial charge >= 0.3 is 0 Å². The van der Waals surface area contributed by atoms with E-state index in [2.05, 4.69) is 53.1 Å². The number of nitrogens with one attached hydrogen (secondary N) is 1. The standard InChI is InChI=1S/C14H10Br3NO/c1-8-2-3-10(16)7-13(8)18-14(19)11-5-4-9(15)6-12(11)17/h2-7H,1H3,(H,18,19). The minimum Gasteiger partial charge on any atom is -0.322 e. The number of carbonyl (C=O) groups excluding carboxylic acids is 1. The Kier molecular flexibility index (Phi) is 4.81. The molecule has 0 aliphatic carbocycles. The van der Waals surface area contributed by atoms with Crippen LogP contribution in [-0.4, -0.2) is 5.91 Å². The third kappa shape index (κ3) is 3.68. The van der Waals surface area contributed by atoms with Crippen molar-refractivity contribution in [2.75, 3.05) is 5.32 Å².